The van der Waals surface area contributed by atoms with Gasteiger partial charge >= 0.3 is 0 Å². The van der Waals surface area contributed by atoms with Gasteiger partial charge in [0, 0.05) is 0 Å². The van der Waals surface area contributed by atoms with Crippen LogP contribution in [0.5, 0.6) is 0 Å². The maximum Gasteiger partial charge on any atom is 0.127 e. The van der Waals surface area contributed by atoms with Gasteiger partial charge in [-0.15, -0.1) is 11.8 Å². The number of thioether (sulfide) groups is 1. The standard InChI is InChI=1S/C9H11Cl5S/c1-2-3-4-5-15-9(14)7(11)6(10)8(12)13/h2-5H2,1H3/b9-7+. The molecule has 0 fully saturated rings. The third-order valence-electron chi connectivity index (χ3n) is 1.51. The second-order valence-electron chi connectivity index (χ2n) is 2.72. The van der Waals surface area contributed by atoms with Gasteiger partial charge in [-0.3, -0.25) is 0 Å². The van der Waals surface area contributed by atoms with Crippen molar-refractivity contribution in [1.29, 1.82) is 0 Å². The maximum absolute atomic E-state index is 5.92. The van der Waals surface area contributed by atoms with E-state index < -0.39 is 0 Å². The Balaban J connectivity index is 4.22. The molecule has 0 aliphatic carbocycles. The Labute approximate surface area is 120 Å². The van der Waals surface area contributed by atoms with Gasteiger partial charge < -0.3 is 0 Å². The molecule has 0 aromatic carbocycles. The molecule has 15 heavy (non-hydrogen) atoms. The Morgan fingerprint density at radius 3 is 2.00 bits per heavy atom. The van der Waals surface area contributed by atoms with Crippen LogP contribution in [-0.4, -0.2) is 5.75 Å². The fourth-order valence-electron chi connectivity index (χ4n) is 0.746. The largest absolute Gasteiger partial charge is 0.127 e. The summed E-state index contributed by atoms with van der Waals surface area (Å²) in [7, 11) is 0. The summed E-state index contributed by atoms with van der Waals surface area (Å²) in [5.74, 6) is 0.910. The third-order valence-corrected chi connectivity index (χ3v) is 4.61. The lowest BCUT2D eigenvalue weighted by Crippen LogP contribution is -1.82. The molecule has 0 radical (unpaired) electrons. The van der Waals surface area contributed by atoms with E-state index in [0.717, 1.165) is 12.2 Å². The highest BCUT2D eigenvalue weighted by atomic mass is 35.5. The van der Waals surface area contributed by atoms with Crippen molar-refractivity contribution in [2.45, 2.75) is 26.2 Å². The fourth-order valence-corrected chi connectivity index (χ4v) is 2.57. The summed E-state index contributed by atoms with van der Waals surface area (Å²) in [6, 6.07) is 0. The monoisotopic (exact) mass is 326 g/mol. The Kier molecular flexibility index (Phi) is 10.1. The normalized spacial score (nSPS) is 12.4. The van der Waals surface area contributed by atoms with E-state index in [2.05, 4.69) is 6.92 Å². The van der Waals surface area contributed by atoms with Gasteiger partial charge in [0.2, 0.25) is 0 Å². The van der Waals surface area contributed by atoms with E-state index in [1.807, 2.05) is 0 Å². The highest BCUT2D eigenvalue weighted by Crippen LogP contribution is 2.36. The molecule has 88 valence electrons. The van der Waals surface area contributed by atoms with E-state index in [1.165, 1.54) is 24.6 Å². The average molecular weight is 329 g/mol. The first kappa shape index (κ1) is 16.3. The SMILES string of the molecule is CCCCCS/C(Cl)=C(/Cl)C(Cl)=C(Cl)Cl. The summed E-state index contributed by atoms with van der Waals surface area (Å²) < 4.78 is 0.352. The molecule has 0 rings (SSSR count). The van der Waals surface area contributed by atoms with Crippen LogP contribution in [0, 0.1) is 0 Å². The zero-order valence-corrected chi connectivity index (χ0v) is 12.7. The maximum atomic E-state index is 5.92. The van der Waals surface area contributed by atoms with Gasteiger partial charge in [0.15, 0.2) is 0 Å². The number of unbranched alkanes of at least 4 members (excludes halogenated alkanes) is 2. The van der Waals surface area contributed by atoms with Crippen LogP contribution in [0.1, 0.15) is 26.2 Å². The lowest BCUT2D eigenvalue weighted by atomic mass is 10.3. The van der Waals surface area contributed by atoms with Crippen LogP contribution in [0.3, 0.4) is 0 Å². The van der Waals surface area contributed by atoms with Crippen LogP contribution in [-0.2, 0) is 0 Å². The Hall–Kier alpha value is 1.28. The summed E-state index contributed by atoms with van der Waals surface area (Å²) in [5, 5.41) is 0.299. The van der Waals surface area contributed by atoms with Crippen molar-refractivity contribution in [3.05, 3.63) is 18.9 Å². The van der Waals surface area contributed by atoms with Crippen molar-refractivity contribution in [2.24, 2.45) is 0 Å². The van der Waals surface area contributed by atoms with Gasteiger partial charge in [-0.25, -0.2) is 0 Å². The van der Waals surface area contributed by atoms with Crippen LogP contribution < -0.4 is 0 Å². The minimum atomic E-state index is -0.0750. The molecular weight excluding hydrogens is 317 g/mol. The smallest absolute Gasteiger partial charge is 0.112 e. The summed E-state index contributed by atoms with van der Waals surface area (Å²) >= 11 is 29.9. The van der Waals surface area contributed by atoms with E-state index in [0.29, 0.717) is 4.36 Å². The average Bonchev–Trinajstić information content (AvgIpc) is 2.21. The van der Waals surface area contributed by atoms with Crippen molar-refractivity contribution in [1.82, 2.24) is 0 Å². The van der Waals surface area contributed by atoms with Crippen molar-refractivity contribution in [3.63, 3.8) is 0 Å². The molecule has 0 saturated heterocycles. The van der Waals surface area contributed by atoms with Crippen LogP contribution in [0.15, 0.2) is 18.9 Å². The Morgan fingerprint density at radius 1 is 0.933 bits per heavy atom. The molecule has 0 spiro atoms. The molecule has 0 saturated carbocycles. The highest BCUT2D eigenvalue weighted by Gasteiger charge is 2.09. The van der Waals surface area contributed by atoms with Crippen molar-refractivity contribution >= 4 is 69.8 Å². The molecule has 0 aliphatic heterocycles. The summed E-state index contributed by atoms with van der Waals surface area (Å²) in [4.78, 5) is 0. The number of allylic oxidation sites excluding steroid dienone is 2. The van der Waals surface area contributed by atoms with Gasteiger partial charge in [-0.2, -0.15) is 0 Å². The predicted octanol–water partition coefficient (Wildman–Crippen LogP) is 6.44. The van der Waals surface area contributed by atoms with Gasteiger partial charge in [0.05, 0.1) is 14.4 Å². The first-order chi connectivity index (χ1) is 7.00. The molecule has 0 nitrogen and oxygen atoms in total. The second-order valence-corrected chi connectivity index (χ2v) is 6.13. The minimum absolute atomic E-state index is 0.0750. The number of hydrogen-bond acceptors (Lipinski definition) is 1. The quantitative estimate of drug-likeness (QED) is 0.399. The summed E-state index contributed by atoms with van der Waals surface area (Å²) in [5.41, 5.74) is 0. The highest BCUT2D eigenvalue weighted by molar-refractivity contribution is 8.04. The molecule has 0 N–H and O–H groups in total. The molecular formula is C9H11Cl5S. The van der Waals surface area contributed by atoms with E-state index in [4.69, 9.17) is 58.0 Å². The Bertz CT molecular complexity index is 255. The van der Waals surface area contributed by atoms with Crippen LogP contribution in [0.2, 0.25) is 0 Å². The van der Waals surface area contributed by atoms with E-state index in [-0.39, 0.29) is 14.6 Å². The van der Waals surface area contributed by atoms with Gasteiger partial charge in [-0.1, -0.05) is 77.8 Å². The number of halogens is 5. The molecule has 0 bridgehead atoms. The molecule has 0 aliphatic rings. The van der Waals surface area contributed by atoms with Gasteiger partial charge in [0.25, 0.3) is 0 Å². The molecule has 0 atom stereocenters. The first-order valence-electron chi connectivity index (χ1n) is 4.39. The molecule has 6 heteroatoms. The summed E-state index contributed by atoms with van der Waals surface area (Å²) in [6.07, 6.45) is 3.44. The number of rotatable bonds is 6. The molecule has 0 unspecified atom stereocenters. The van der Waals surface area contributed by atoms with E-state index in [1.54, 1.807) is 0 Å². The summed E-state index contributed by atoms with van der Waals surface area (Å²) in [6.45, 7) is 2.14. The lowest BCUT2D eigenvalue weighted by Gasteiger charge is -2.02. The predicted molar refractivity (Wildman–Crippen MR) is 75.3 cm³/mol. The van der Waals surface area contributed by atoms with Crippen molar-refractivity contribution in [3.8, 4) is 0 Å². The molecule has 0 amide bonds. The second kappa shape index (κ2) is 9.32. The van der Waals surface area contributed by atoms with Crippen molar-refractivity contribution < 1.29 is 0 Å². The lowest BCUT2D eigenvalue weighted by molar-refractivity contribution is 0.779. The van der Waals surface area contributed by atoms with Gasteiger partial charge in [0.1, 0.15) is 4.49 Å². The van der Waals surface area contributed by atoms with Crippen LogP contribution in [0.25, 0.3) is 0 Å². The third kappa shape index (κ3) is 7.25. The molecule has 0 aromatic rings. The van der Waals surface area contributed by atoms with Crippen molar-refractivity contribution in [2.75, 3.05) is 5.75 Å². The first-order valence-corrected chi connectivity index (χ1v) is 7.27. The van der Waals surface area contributed by atoms with E-state index in [9.17, 15) is 0 Å². The fraction of sp³-hybridized carbons (Fsp3) is 0.556. The Morgan fingerprint density at radius 2 is 1.53 bits per heavy atom. The minimum Gasteiger partial charge on any atom is -0.112 e. The van der Waals surface area contributed by atoms with Gasteiger partial charge in [-0.05, 0) is 12.2 Å². The topological polar surface area (TPSA) is 0 Å². The zero-order valence-electron chi connectivity index (χ0n) is 8.13. The van der Waals surface area contributed by atoms with E-state index >= 15 is 0 Å². The molecule has 0 heterocycles. The molecule has 0 aromatic heterocycles. The van der Waals surface area contributed by atoms with Crippen LogP contribution >= 0.6 is 69.8 Å². The number of hydrogen-bond donors (Lipinski definition) is 0. The zero-order chi connectivity index (χ0) is 11.8. The van der Waals surface area contributed by atoms with Crippen LogP contribution in [0.4, 0.5) is 0 Å².